The molecule has 0 radical (unpaired) electrons. The summed E-state index contributed by atoms with van der Waals surface area (Å²) in [7, 11) is 0. The lowest BCUT2D eigenvalue weighted by Gasteiger charge is -2.08. The summed E-state index contributed by atoms with van der Waals surface area (Å²) in [5.41, 5.74) is 2.83. The highest BCUT2D eigenvalue weighted by Crippen LogP contribution is 2.26. The second kappa shape index (κ2) is 8.62. The molecule has 132 valence electrons. The number of anilines is 1. The van der Waals surface area contributed by atoms with Crippen molar-refractivity contribution in [2.24, 2.45) is 0 Å². The number of alkyl halides is 2. The van der Waals surface area contributed by atoms with Gasteiger partial charge in [-0.05, 0) is 61.4 Å². The maximum atomic E-state index is 12.2. The van der Waals surface area contributed by atoms with Crippen LogP contribution in [0.25, 0.3) is 0 Å². The van der Waals surface area contributed by atoms with E-state index in [-0.39, 0.29) is 0 Å². The van der Waals surface area contributed by atoms with Gasteiger partial charge in [0.2, 0.25) is 0 Å². The minimum absolute atomic E-state index is 0.379. The highest BCUT2D eigenvalue weighted by atomic mass is 32.2. The summed E-state index contributed by atoms with van der Waals surface area (Å²) in [6.45, 7) is 3.39. The number of thioether (sulfide) groups is 1. The molecule has 7 heteroatoms. The summed E-state index contributed by atoms with van der Waals surface area (Å²) >= 11 is 0.425. The number of halogens is 2. The number of ether oxygens (including phenoxy) is 1. The van der Waals surface area contributed by atoms with Crippen LogP contribution in [-0.4, -0.2) is 24.2 Å². The van der Waals surface area contributed by atoms with E-state index < -0.39 is 24.2 Å². The molecular weight excluding hydrogens is 348 g/mol. The van der Waals surface area contributed by atoms with Crippen molar-refractivity contribution in [3.05, 3.63) is 59.2 Å². The molecule has 0 aliphatic heterocycles. The first-order valence-electron chi connectivity index (χ1n) is 7.44. The van der Waals surface area contributed by atoms with Gasteiger partial charge in [0, 0.05) is 10.6 Å². The molecule has 0 aromatic heterocycles. The smallest absolute Gasteiger partial charge is 0.338 e. The van der Waals surface area contributed by atoms with Crippen LogP contribution in [-0.2, 0) is 9.53 Å². The number of carbonyl (C=O) groups excluding carboxylic acids is 2. The van der Waals surface area contributed by atoms with Gasteiger partial charge in [-0.2, -0.15) is 8.78 Å². The molecule has 0 spiro atoms. The van der Waals surface area contributed by atoms with Gasteiger partial charge in [0.25, 0.3) is 11.7 Å². The van der Waals surface area contributed by atoms with Crippen molar-refractivity contribution in [3.63, 3.8) is 0 Å². The summed E-state index contributed by atoms with van der Waals surface area (Å²) in [5, 5.41) is 2.54. The van der Waals surface area contributed by atoms with Crippen LogP contribution in [0.1, 0.15) is 21.5 Å². The molecule has 0 saturated carbocycles. The SMILES string of the molecule is Cc1ccc(C(=O)OCC(=O)Nc2ccc(SC(F)F)cc2)cc1C. The standard InChI is InChI=1S/C18H17F2NO3S/c1-11-3-4-13(9-12(11)2)17(23)24-10-16(22)21-14-5-7-15(8-6-14)25-18(19)20/h3-9,18H,10H2,1-2H3,(H,21,22). The highest BCUT2D eigenvalue weighted by molar-refractivity contribution is 7.99. The molecule has 0 bridgehead atoms. The molecule has 0 fully saturated rings. The van der Waals surface area contributed by atoms with Gasteiger partial charge in [0.05, 0.1) is 5.56 Å². The fourth-order valence-electron chi connectivity index (χ4n) is 2.00. The van der Waals surface area contributed by atoms with E-state index in [1.807, 2.05) is 19.9 Å². The molecule has 0 aliphatic carbocycles. The van der Waals surface area contributed by atoms with Crippen molar-refractivity contribution in [1.82, 2.24) is 0 Å². The van der Waals surface area contributed by atoms with Crippen LogP contribution < -0.4 is 5.32 Å². The Hall–Kier alpha value is -2.41. The van der Waals surface area contributed by atoms with E-state index in [9.17, 15) is 18.4 Å². The Bertz CT molecular complexity index is 763. The lowest BCUT2D eigenvalue weighted by atomic mass is 10.1. The number of rotatable bonds is 6. The van der Waals surface area contributed by atoms with Gasteiger partial charge in [0.15, 0.2) is 6.61 Å². The van der Waals surface area contributed by atoms with Crippen molar-refractivity contribution < 1.29 is 23.1 Å². The molecule has 0 atom stereocenters. The Labute approximate surface area is 148 Å². The fourth-order valence-corrected chi connectivity index (χ4v) is 2.50. The molecule has 0 saturated heterocycles. The van der Waals surface area contributed by atoms with Gasteiger partial charge < -0.3 is 10.1 Å². The Morgan fingerprint density at radius 1 is 1.08 bits per heavy atom. The molecule has 25 heavy (non-hydrogen) atoms. The molecule has 1 amide bonds. The summed E-state index contributed by atoms with van der Waals surface area (Å²) in [6.07, 6.45) is 0. The normalized spacial score (nSPS) is 10.6. The molecule has 0 unspecified atom stereocenters. The van der Waals surface area contributed by atoms with Gasteiger partial charge in [-0.25, -0.2) is 4.79 Å². The summed E-state index contributed by atoms with van der Waals surface area (Å²) in [4.78, 5) is 24.2. The van der Waals surface area contributed by atoms with Crippen LogP contribution in [0.15, 0.2) is 47.4 Å². The molecule has 2 rings (SSSR count). The number of benzene rings is 2. The third-order valence-electron chi connectivity index (χ3n) is 3.44. The summed E-state index contributed by atoms with van der Waals surface area (Å²) < 4.78 is 29.5. The second-order valence-electron chi connectivity index (χ2n) is 5.33. The molecule has 0 heterocycles. The minimum atomic E-state index is -2.50. The van der Waals surface area contributed by atoms with Crippen LogP contribution in [0.5, 0.6) is 0 Å². The van der Waals surface area contributed by atoms with Gasteiger partial charge >= 0.3 is 5.97 Å². The minimum Gasteiger partial charge on any atom is -0.452 e. The molecule has 4 nitrogen and oxygen atoms in total. The van der Waals surface area contributed by atoms with Gasteiger partial charge in [-0.15, -0.1) is 0 Å². The van der Waals surface area contributed by atoms with Crippen LogP contribution >= 0.6 is 11.8 Å². The third-order valence-corrected chi connectivity index (χ3v) is 4.16. The second-order valence-corrected chi connectivity index (χ2v) is 6.39. The maximum Gasteiger partial charge on any atom is 0.338 e. The lowest BCUT2D eigenvalue weighted by Crippen LogP contribution is -2.21. The average molecular weight is 365 g/mol. The first-order chi connectivity index (χ1) is 11.8. The third kappa shape index (κ3) is 5.86. The highest BCUT2D eigenvalue weighted by Gasteiger charge is 2.11. The Morgan fingerprint density at radius 3 is 2.36 bits per heavy atom. The summed E-state index contributed by atoms with van der Waals surface area (Å²) in [5.74, 6) is -3.58. The average Bonchev–Trinajstić information content (AvgIpc) is 2.56. The van der Waals surface area contributed by atoms with Crippen molar-refractivity contribution in [2.45, 2.75) is 24.5 Å². The van der Waals surface area contributed by atoms with E-state index in [1.165, 1.54) is 24.3 Å². The van der Waals surface area contributed by atoms with Crippen molar-refractivity contribution in [3.8, 4) is 0 Å². The van der Waals surface area contributed by atoms with E-state index in [0.29, 0.717) is 27.9 Å². The Kier molecular flexibility index (Phi) is 6.52. The zero-order valence-electron chi connectivity index (χ0n) is 13.7. The van der Waals surface area contributed by atoms with E-state index in [1.54, 1.807) is 12.1 Å². The van der Waals surface area contributed by atoms with Crippen LogP contribution in [0, 0.1) is 13.8 Å². The van der Waals surface area contributed by atoms with Crippen molar-refractivity contribution in [2.75, 3.05) is 11.9 Å². The van der Waals surface area contributed by atoms with Crippen LogP contribution in [0.4, 0.5) is 14.5 Å². The first kappa shape index (κ1) is 18.9. The fraction of sp³-hybridized carbons (Fsp3) is 0.222. The first-order valence-corrected chi connectivity index (χ1v) is 8.32. The number of esters is 1. The predicted octanol–water partition coefficient (Wildman–Crippen LogP) is 4.41. The zero-order valence-corrected chi connectivity index (χ0v) is 14.5. The summed E-state index contributed by atoms with van der Waals surface area (Å²) in [6, 6.07) is 11.1. The number of carbonyl (C=O) groups is 2. The van der Waals surface area contributed by atoms with E-state index >= 15 is 0 Å². The molecule has 2 aromatic rings. The van der Waals surface area contributed by atoms with Gasteiger partial charge in [-0.3, -0.25) is 4.79 Å². The maximum absolute atomic E-state index is 12.2. The van der Waals surface area contributed by atoms with Crippen LogP contribution in [0.2, 0.25) is 0 Å². The Morgan fingerprint density at radius 2 is 1.76 bits per heavy atom. The van der Waals surface area contributed by atoms with E-state index in [0.717, 1.165) is 11.1 Å². The zero-order chi connectivity index (χ0) is 18.4. The lowest BCUT2D eigenvalue weighted by molar-refractivity contribution is -0.119. The molecular formula is C18H17F2NO3S. The predicted molar refractivity (Wildman–Crippen MR) is 93.1 cm³/mol. The molecule has 2 aromatic carbocycles. The quantitative estimate of drug-likeness (QED) is 0.608. The van der Waals surface area contributed by atoms with Crippen molar-refractivity contribution >= 4 is 29.3 Å². The number of nitrogens with one attached hydrogen (secondary N) is 1. The molecule has 0 aliphatic rings. The van der Waals surface area contributed by atoms with E-state index in [4.69, 9.17) is 4.74 Å². The number of amides is 1. The van der Waals surface area contributed by atoms with Crippen LogP contribution in [0.3, 0.4) is 0 Å². The number of hydrogen-bond acceptors (Lipinski definition) is 4. The number of hydrogen-bond donors (Lipinski definition) is 1. The molecule has 1 N–H and O–H groups in total. The largest absolute Gasteiger partial charge is 0.452 e. The number of aryl methyl sites for hydroxylation is 2. The van der Waals surface area contributed by atoms with Gasteiger partial charge in [0.1, 0.15) is 0 Å². The van der Waals surface area contributed by atoms with Crippen molar-refractivity contribution in [1.29, 1.82) is 0 Å². The monoisotopic (exact) mass is 365 g/mol. The topological polar surface area (TPSA) is 55.4 Å². The van der Waals surface area contributed by atoms with E-state index in [2.05, 4.69) is 5.32 Å². The van der Waals surface area contributed by atoms with Gasteiger partial charge in [-0.1, -0.05) is 17.8 Å². The Balaban J connectivity index is 1.85.